The zero-order valence-corrected chi connectivity index (χ0v) is 73.0. The number of aliphatic hydroxyl groups excluding tert-OH is 2. The van der Waals surface area contributed by atoms with Gasteiger partial charge in [0.2, 0.25) is 0 Å². The number of carbonyl (C=O) groups excluding carboxylic acids is 3. The highest BCUT2D eigenvalue weighted by molar-refractivity contribution is 7.47. The molecule has 16 nitrogen and oxygen atoms in total. The van der Waals surface area contributed by atoms with Gasteiger partial charge in [-0.15, -0.1) is 0 Å². The first kappa shape index (κ1) is 108. The van der Waals surface area contributed by atoms with E-state index in [1.54, 1.807) is 0 Å². The van der Waals surface area contributed by atoms with E-state index in [2.05, 4.69) is 179 Å². The predicted molar refractivity (Wildman–Crippen MR) is 472 cm³/mol. The van der Waals surface area contributed by atoms with Crippen LogP contribution in [0.15, 0.2) is 158 Å². The summed E-state index contributed by atoms with van der Waals surface area (Å²) in [4.78, 5) is 58.7. The Morgan fingerprint density at radius 1 is 0.257 bits per heavy atom. The van der Waals surface area contributed by atoms with Crippen molar-refractivity contribution >= 4 is 33.6 Å². The first-order chi connectivity index (χ1) is 55.2. The smallest absolute Gasteiger partial charge is 0.463 e. The fourth-order valence-corrected chi connectivity index (χ4v) is 13.6. The highest BCUT2D eigenvalue weighted by Crippen LogP contribution is 2.45. The molecule has 5 unspecified atom stereocenters. The van der Waals surface area contributed by atoms with E-state index in [1.807, 2.05) is 0 Å². The van der Waals surface area contributed by atoms with E-state index in [0.717, 1.165) is 167 Å². The van der Waals surface area contributed by atoms with Crippen molar-refractivity contribution in [1.29, 1.82) is 0 Å². The second kappa shape index (κ2) is 86.5. The Hall–Kier alpha value is -4.83. The standard InChI is InChI=1S/C95H162O16P2/c1-4-7-10-13-16-19-22-24-26-28-30-32-34-36-38-40-42-44-46-48-50-52-54-56-58-60-62-64-67-69-72-75-78-81-93(98)105-84-90(96)85-107-112(101,102)108-86-91(97)87-109-113(103,104)110-89-92(111-95(100)83-80-77-74-71-66-21-18-15-12-9-6-3)88-106-94(99)82-79-76-73-70-68-65-63-61-59-57-55-53-51-49-47-45-43-41-39-37-35-33-31-29-27-25-23-20-17-14-11-8-5-2/h7-8,10-11,15-20,24-27,30-33,36-39,42-45,90-92,96-97H,4-6,9,12-14,21-23,28-29,34-35,40-41,46-89H2,1-3H3,(H,101,102)(H,103,104)/b10-7-,11-8-,18-15-,19-16-,20-17-,26-24-,27-25-,32-30-,33-31-,38-36-,39-37-,44-42-,45-43-. The van der Waals surface area contributed by atoms with Crippen molar-refractivity contribution in [3.8, 4) is 0 Å². The number of aliphatic hydroxyl groups is 2. The largest absolute Gasteiger partial charge is 0.472 e. The van der Waals surface area contributed by atoms with Crippen LogP contribution in [0.5, 0.6) is 0 Å². The summed E-state index contributed by atoms with van der Waals surface area (Å²) in [6.45, 7) is 2.43. The van der Waals surface area contributed by atoms with Gasteiger partial charge < -0.3 is 34.2 Å². The molecule has 0 saturated heterocycles. The van der Waals surface area contributed by atoms with Crippen molar-refractivity contribution in [1.82, 2.24) is 0 Å². The Morgan fingerprint density at radius 2 is 0.469 bits per heavy atom. The lowest BCUT2D eigenvalue weighted by Crippen LogP contribution is -2.30. The first-order valence-corrected chi connectivity index (χ1v) is 47.8. The highest BCUT2D eigenvalue weighted by Gasteiger charge is 2.29. The Morgan fingerprint density at radius 3 is 0.752 bits per heavy atom. The molecule has 0 aromatic carbocycles. The fourth-order valence-electron chi connectivity index (χ4n) is 12.0. The zero-order valence-electron chi connectivity index (χ0n) is 71.3. The molecular formula is C95H162O16P2. The van der Waals surface area contributed by atoms with Crippen LogP contribution in [0.2, 0.25) is 0 Å². The molecular weight excluding hydrogens is 1460 g/mol. The lowest BCUT2D eigenvalue weighted by molar-refractivity contribution is -0.161. The molecule has 0 aliphatic rings. The number of rotatable bonds is 84. The van der Waals surface area contributed by atoms with Crippen molar-refractivity contribution < 1.29 is 75.8 Å². The summed E-state index contributed by atoms with van der Waals surface area (Å²) in [6.07, 6.45) is 110. The molecule has 0 aliphatic carbocycles. The number of ether oxygens (including phenoxy) is 3. The summed E-state index contributed by atoms with van der Waals surface area (Å²) < 4.78 is 61.2. The molecule has 0 saturated carbocycles. The number of unbranched alkanes of at least 4 members (excludes halogenated alkanes) is 35. The van der Waals surface area contributed by atoms with Gasteiger partial charge >= 0.3 is 33.6 Å². The Labute approximate surface area is 689 Å². The average molecular weight is 1620 g/mol. The summed E-state index contributed by atoms with van der Waals surface area (Å²) in [7, 11) is -9.79. The molecule has 0 amide bonds. The zero-order chi connectivity index (χ0) is 82.2. The summed E-state index contributed by atoms with van der Waals surface area (Å²) in [5, 5.41) is 20.7. The van der Waals surface area contributed by atoms with Gasteiger partial charge in [-0.2, -0.15) is 0 Å². The Kier molecular flexibility index (Phi) is 82.8. The summed E-state index contributed by atoms with van der Waals surface area (Å²) in [5.74, 6) is -1.58. The maximum absolute atomic E-state index is 13.0. The topological polar surface area (TPSA) is 231 Å². The third kappa shape index (κ3) is 87.8. The second-order valence-electron chi connectivity index (χ2n) is 29.6. The van der Waals surface area contributed by atoms with Gasteiger partial charge in [-0.05, 0) is 141 Å². The van der Waals surface area contributed by atoms with Crippen molar-refractivity contribution in [2.75, 3.05) is 39.6 Å². The number of esters is 3. The van der Waals surface area contributed by atoms with Crippen LogP contribution >= 0.6 is 15.6 Å². The van der Waals surface area contributed by atoms with Gasteiger partial charge in [0.25, 0.3) is 0 Å². The number of carbonyl (C=O) groups is 3. The number of hydrogen-bond donors (Lipinski definition) is 4. The third-order valence-electron chi connectivity index (χ3n) is 18.7. The second-order valence-corrected chi connectivity index (χ2v) is 32.5. The molecule has 0 aromatic heterocycles. The fraction of sp³-hybridized carbons (Fsp3) is 0.695. The maximum Gasteiger partial charge on any atom is 0.472 e. The predicted octanol–water partition coefficient (Wildman–Crippen LogP) is 27.3. The highest BCUT2D eigenvalue weighted by atomic mass is 31.2. The van der Waals surface area contributed by atoms with Gasteiger partial charge in [-0.3, -0.25) is 32.5 Å². The minimum atomic E-state index is -4.93. The van der Waals surface area contributed by atoms with Gasteiger partial charge in [-0.25, -0.2) is 9.13 Å². The monoisotopic (exact) mass is 1620 g/mol. The number of allylic oxidation sites excluding steroid dienone is 26. The number of hydrogen-bond acceptors (Lipinski definition) is 14. The van der Waals surface area contributed by atoms with Gasteiger partial charge in [0.05, 0.1) is 26.4 Å². The van der Waals surface area contributed by atoms with Gasteiger partial charge in [0, 0.05) is 19.3 Å². The lowest BCUT2D eigenvalue weighted by Gasteiger charge is -2.21. The van der Waals surface area contributed by atoms with E-state index in [0.29, 0.717) is 19.3 Å². The molecule has 0 heterocycles. The molecule has 4 N–H and O–H groups in total. The van der Waals surface area contributed by atoms with Crippen LogP contribution in [0, 0.1) is 0 Å². The lowest BCUT2D eigenvalue weighted by atomic mass is 10.0. The molecule has 648 valence electrons. The van der Waals surface area contributed by atoms with Crippen LogP contribution < -0.4 is 0 Å². The van der Waals surface area contributed by atoms with E-state index < -0.39 is 91.5 Å². The molecule has 18 heteroatoms. The van der Waals surface area contributed by atoms with Crippen LogP contribution in [0.4, 0.5) is 0 Å². The molecule has 5 atom stereocenters. The molecule has 0 bridgehead atoms. The first-order valence-electron chi connectivity index (χ1n) is 44.8. The van der Waals surface area contributed by atoms with Crippen molar-refractivity contribution in [3.05, 3.63) is 158 Å². The number of phosphoric ester groups is 2. The van der Waals surface area contributed by atoms with Crippen LogP contribution in [0.3, 0.4) is 0 Å². The molecule has 0 rings (SSSR count). The summed E-state index contributed by atoms with van der Waals surface area (Å²) >= 11 is 0. The van der Waals surface area contributed by atoms with E-state index in [-0.39, 0.29) is 19.3 Å². The summed E-state index contributed by atoms with van der Waals surface area (Å²) in [6, 6.07) is 0. The van der Waals surface area contributed by atoms with E-state index in [1.165, 1.54) is 141 Å². The normalized spacial score (nSPS) is 14.6. The van der Waals surface area contributed by atoms with Gasteiger partial charge in [0.15, 0.2) is 6.10 Å². The molecule has 0 fully saturated rings. The third-order valence-corrected chi connectivity index (χ3v) is 20.6. The van der Waals surface area contributed by atoms with Crippen molar-refractivity contribution in [2.45, 2.75) is 386 Å². The van der Waals surface area contributed by atoms with Crippen LogP contribution in [-0.4, -0.2) is 95.9 Å². The van der Waals surface area contributed by atoms with Crippen molar-refractivity contribution in [2.24, 2.45) is 0 Å². The molecule has 0 spiro atoms. The Bertz CT molecular complexity index is 2680. The molecule has 0 aromatic rings. The van der Waals surface area contributed by atoms with Crippen LogP contribution in [0.25, 0.3) is 0 Å². The number of phosphoric acid groups is 2. The minimum Gasteiger partial charge on any atom is -0.463 e. The van der Waals surface area contributed by atoms with Gasteiger partial charge in [0.1, 0.15) is 25.4 Å². The Balaban J connectivity index is 4.36. The van der Waals surface area contributed by atoms with E-state index >= 15 is 0 Å². The molecule has 113 heavy (non-hydrogen) atoms. The average Bonchev–Trinajstić information content (AvgIpc) is 0.902. The van der Waals surface area contributed by atoms with Gasteiger partial charge in [-0.1, -0.05) is 365 Å². The SMILES string of the molecule is CC/C=C\C/C=C\C/C=C\C/C=C\C/C=C\C/C=C\CCCCCCCCCCCCCCCCC(=O)OCC(O)COP(=O)(O)OCC(O)COP(=O)(O)OCC(COC(=O)CCCCCCCCCCCCCCCC/C=C\C/C=C\C/C=C\C/C=C\C/C=C\C/C=C\CC)OC(=O)CCCCCCC/C=C\CCCC. The quantitative estimate of drug-likeness (QED) is 0.0146. The molecule has 0 radical (unpaired) electrons. The summed E-state index contributed by atoms with van der Waals surface area (Å²) in [5.41, 5.74) is 0. The maximum atomic E-state index is 13.0. The van der Waals surface area contributed by atoms with E-state index in [9.17, 15) is 43.5 Å². The van der Waals surface area contributed by atoms with Crippen LogP contribution in [-0.2, 0) is 55.8 Å². The van der Waals surface area contributed by atoms with Crippen molar-refractivity contribution in [3.63, 3.8) is 0 Å². The van der Waals surface area contributed by atoms with E-state index in [4.69, 9.17) is 32.3 Å². The minimum absolute atomic E-state index is 0.0928. The van der Waals surface area contributed by atoms with Crippen LogP contribution in [0.1, 0.15) is 367 Å². The molecule has 0 aliphatic heterocycles.